The van der Waals surface area contributed by atoms with Crippen LogP contribution in [0.15, 0.2) is 23.0 Å². The standard InChI is InChI=1S/C17H26O5/c1-10(2)6-5-7-17(3,20)14-8-11-15(19)12(18)9-13(21-4)16(11)22-14/h6,12-14,18,20H,5,7-9H2,1-4H3/t12-,13+,14?,17?/m0/s1. The number of ether oxygens (including phenoxy) is 2. The molecule has 22 heavy (non-hydrogen) atoms. The van der Waals surface area contributed by atoms with Gasteiger partial charge in [-0.2, -0.15) is 0 Å². The molecule has 0 saturated heterocycles. The van der Waals surface area contributed by atoms with Crippen LogP contribution in [0.2, 0.25) is 0 Å². The molecule has 0 saturated carbocycles. The number of aliphatic hydroxyl groups is 2. The van der Waals surface area contributed by atoms with E-state index in [4.69, 9.17) is 9.47 Å². The minimum atomic E-state index is -1.04. The van der Waals surface area contributed by atoms with E-state index in [-0.39, 0.29) is 12.2 Å². The van der Waals surface area contributed by atoms with Crippen LogP contribution < -0.4 is 0 Å². The number of carbonyl (C=O) groups is 1. The third-order valence-corrected chi connectivity index (χ3v) is 4.47. The zero-order valence-electron chi connectivity index (χ0n) is 13.8. The molecule has 0 spiro atoms. The predicted molar refractivity (Wildman–Crippen MR) is 82.2 cm³/mol. The smallest absolute Gasteiger partial charge is 0.190 e. The lowest BCUT2D eigenvalue weighted by Gasteiger charge is -2.31. The zero-order valence-corrected chi connectivity index (χ0v) is 13.8. The number of aliphatic hydroxyl groups excluding tert-OH is 1. The summed E-state index contributed by atoms with van der Waals surface area (Å²) < 4.78 is 11.2. The van der Waals surface area contributed by atoms with E-state index in [1.54, 1.807) is 6.92 Å². The van der Waals surface area contributed by atoms with Crippen molar-refractivity contribution in [2.24, 2.45) is 0 Å². The van der Waals surface area contributed by atoms with Crippen molar-refractivity contribution in [3.63, 3.8) is 0 Å². The molecule has 124 valence electrons. The van der Waals surface area contributed by atoms with Crippen molar-refractivity contribution < 1.29 is 24.5 Å². The van der Waals surface area contributed by atoms with Crippen molar-refractivity contribution in [1.29, 1.82) is 0 Å². The van der Waals surface area contributed by atoms with Gasteiger partial charge >= 0.3 is 0 Å². The molecular formula is C17H26O5. The number of allylic oxidation sites excluding steroid dienone is 2. The minimum absolute atomic E-state index is 0.209. The van der Waals surface area contributed by atoms with Gasteiger partial charge in [0, 0.05) is 25.5 Å². The van der Waals surface area contributed by atoms with E-state index < -0.39 is 23.9 Å². The van der Waals surface area contributed by atoms with Gasteiger partial charge in [0.1, 0.15) is 24.1 Å². The third kappa shape index (κ3) is 3.42. The number of carbonyl (C=O) groups excluding carboxylic acids is 1. The summed E-state index contributed by atoms with van der Waals surface area (Å²) in [6.07, 6.45) is 1.98. The number of hydrogen-bond donors (Lipinski definition) is 2. The highest BCUT2D eigenvalue weighted by Gasteiger charge is 2.47. The van der Waals surface area contributed by atoms with Crippen molar-refractivity contribution in [3.05, 3.63) is 23.0 Å². The number of ketones is 1. The molecule has 0 aromatic rings. The number of hydrogen-bond acceptors (Lipinski definition) is 5. The Morgan fingerprint density at radius 2 is 2.18 bits per heavy atom. The van der Waals surface area contributed by atoms with Gasteiger partial charge in [0.25, 0.3) is 0 Å². The van der Waals surface area contributed by atoms with E-state index in [1.807, 2.05) is 13.8 Å². The first-order valence-corrected chi connectivity index (χ1v) is 7.76. The number of rotatable bonds is 5. The van der Waals surface area contributed by atoms with Gasteiger partial charge in [-0.25, -0.2) is 0 Å². The quantitative estimate of drug-likeness (QED) is 0.758. The molecule has 1 aliphatic heterocycles. The third-order valence-electron chi connectivity index (χ3n) is 4.47. The molecular weight excluding hydrogens is 284 g/mol. The second-order valence-electron chi connectivity index (χ2n) is 6.67. The largest absolute Gasteiger partial charge is 0.488 e. The summed E-state index contributed by atoms with van der Waals surface area (Å²) in [4.78, 5) is 12.1. The summed E-state index contributed by atoms with van der Waals surface area (Å²) in [7, 11) is 1.53. The summed E-state index contributed by atoms with van der Waals surface area (Å²) in [5.41, 5.74) is 0.642. The Bertz CT molecular complexity index is 499. The van der Waals surface area contributed by atoms with E-state index in [0.29, 0.717) is 24.2 Å². The Hall–Kier alpha value is -1.17. The van der Waals surface area contributed by atoms with Crippen LogP contribution in [0, 0.1) is 0 Å². The second-order valence-corrected chi connectivity index (χ2v) is 6.67. The van der Waals surface area contributed by atoms with E-state index in [0.717, 1.165) is 6.42 Å². The van der Waals surface area contributed by atoms with E-state index in [1.165, 1.54) is 12.7 Å². The highest BCUT2D eigenvalue weighted by atomic mass is 16.5. The first-order valence-electron chi connectivity index (χ1n) is 7.76. The molecule has 1 aliphatic carbocycles. The predicted octanol–water partition coefficient (Wildman–Crippen LogP) is 1.88. The molecule has 2 aliphatic rings. The minimum Gasteiger partial charge on any atom is -0.488 e. The first kappa shape index (κ1) is 17.2. The van der Waals surface area contributed by atoms with Crippen LogP contribution in [0.5, 0.6) is 0 Å². The van der Waals surface area contributed by atoms with Crippen molar-refractivity contribution >= 4 is 5.78 Å². The Morgan fingerprint density at radius 1 is 1.50 bits per heavy atom. The van der Waals surface area contributed by atoms with Gasteiger partial charge in [-0.15, -0.1) is 0 Å². The highest BCUT2D eigenvalue weighted by Crippen LogP contribution is 2.40. The average Bonchev–Trinajstić information content (AvgIpc) is 2.88. The maximum atomic E-state index is 12.1. The lowest BCUT2D eigenvalue weighted by molar-refractivity contribution is -0.127. The molecule has 0 aromatic carbocycles. The topological polar surface area (TPSA) is 76.0 Å². The molecule has 0 radical (unpaired) electrons. The Morgan fingerprint density at radius 3 is 2.77 bits per heavy atom. The average molecular weight is 310 g/mol. The number of Topliss-reactive ketones (excluding diaryl/α,β-unsaturated/α-hetero) is 1. The SMILES string of the molecule is CO[C@@H]1C[C@H](O)C(=O)C2=C1OC(C(C)(O)CCC=C(C)C)C2. The van der Waals surface area contributed by atoms with E-state index >= 15 is 0 Å². The highest BCUT2D eigenvalue weighted by molar-refractivity contribution is 6.00. The molecule has 2 rings (SSSR count). The summed E-state index contributed by atoms with van der Waals surface area (Å²) in [5, 5.41) is 20.5. The van der Waals surface area contributed by atoms with Crippen LogP contribution in [-0.2, 0) is 14.3 Å². The lowest BCUT2D eigenvalue weighted by atomic mass is 9.86. The van der Waals surface area contributed by atoms with Crippen molar-refractivity contribution in [3.8, 4) is 0 Å². The monoisotopic (exact) mass is 310 g/mol. The summed E-state index contributed by atoms with van der Waals surface area (Å²) >= 11 is 0. The molecule has 0 bridgehead atoms. The fourth-order valence-corrected chi connectivity index (χ4v) is 3.03. The van der Waals surface area contributed by atoms with Gasteiger partial charge in [-0.3, -0.25) is 4.79 Å². The Kier molecular flexibility index (Phi) is 5.10. The summed E-state index contributed by atoms with van der Waals surface area (Å²) in [5.74, 6) is 0.191. The molecule has 0 aromatic heterocycles. The lowest BCUT2D eigenvalue weighted by Crippen LogP contribution is -2.39. The van der Waals surface area contributed by atoms with Crippen LogP contribution in [-0.4, -0.2) is 47.0 Å². The normalized spacial score (nSPS) is 30.6. The van der Waals surface area contributed by atoms with E-state index in [2.05, 4.69) is 6.08 Å². The van der Waals surface area contributed by atoms with Crippen LogP contribution in [0.1, 0.15) is 46.5 Å². The molecule has 4 atom stereocenters. The van der Waals surface area contributed by atoms with Crippen LogP contribution in [0.25, 0.3) is 0 Å². The van der Waals surface area contributed by atoms with Gasteiger partial charge in [0.15, 0.2) is 5.78 Å². The van der Waals surface area contributed by atoms with Crippen LogP contribution in [0.3, 0.4) is 0 Å². The molecule has 0 fully saturated rings. The van der Waals surface area contributed by atoms with Crippen LogP contribution >= 0.6 is 0 Å². The first-order chi connectivity index (χ1) is 10.3. The van der Waals surface area contributed by atoms with Crippen LogP contribution in [0.4, 0.5) is 0 Å². The van der Waals surface area contributed by atoms with E-state index in [9.17, 15) is 15.0 Å². The molecule has 1 heterocycles. The maximum Gasteiger partial charge on any atom is 0.190 e. The van der Waals surface area contributed by atoms with Crippen molar-refractivity contribution in [2.75, 3.05) is 7.11 Å². The molecule has 0 amide bonds. The molecule has 2 unspecified atom stereocenters. The molecule has 5 nitrogen and oxygen atoms in total. The maximum absolute atomic E-state index is 12.1. The van der Waals surface area contributed by atoms with Gasteiger partial charge in [-0.1, -0.05) is 11.6 Å². The zero-order chi connectivity index (χ0) is 16.5. The Labute approximate surface area is 131 Å². The number of methoxy groups -OCH3 is 1. The van der Waals surface area contributed by atoms with Gasteiger partial charge < -0.3 is 19.7 Å². The van der Waals surface area contributed by atoms with Gasteiger partial charge in [0.2, 0.25) is 0 Å². The summed E-state index contributed by atoms with van der Waals surface area (Å²) in [6.45, 7) is 5.77. The fourth-order valence-electron chi connectivity index (χ4n) is 3.03. The summed E-state index contributed by atoms with van der Waals surface area (Å²) in [6, 6.07) is 0. The van der Waals surface area contributed by atoms with Crippen molar-refractivity contribution in [2.45, 2.75) is 70.4 Å². The second kappa shape index (κ2) is 6.52. The molecule has 2 N–H and O–H groups in total. The fraction of sp³-hybridized carbons (Fsp3) is 0.706. The van der Waals surface area contributed by atoms with Gasteiger partial charge in [0.05, 0.1) is 5.60 Å². The molecule has 5 heteroatoms. The van der Waals surface area contributed by atoms with Crippen molar-refractivity contribution in [1.82, 2.24) is 0 Å². The Balaban J connectivity index is 2.09. The van der Waals surface area contributed by atoms with Gasteiger partial charge in [-0.05, 0) is 33.6 Å².